The van der Waals surface area contributed by atoms with E-state index in [0.29, 0.717) is 34.5 Å². The molecule has 0 spiro atoms. The number of fused-ring (bicyclic) bond motifs is 1. The number of likely N-dealkylation sites (tertiary alicyclic amines) is 1. The highest BCUT2D eigenvalue weighted by atomic mass is 32.1. The van der Waals surface area contributed by atoms with Gasteiger partial charge in [-0.2, -0.15) is 18.3 Å². The van der Waals surface area contributed by atoms with Crippen molar-refractivity contribution < 1.29 is 22.5 Å². The number of amides is 1. The molecule has 0 N–H and O–H groups in total. The van der Waals surface area contributed by atoms with Crippen molar-refractivity contribution in [3.05, 3.63) is 58.6 Å². The number of alkyl halides is 3. The molecule has 32 heavy (non-hydrogen) atoms. The molecule has 0 bridgehead atoms. The fourth-order valence-corrected chi connectivity index (χ4v) is 4.66. The van der Waals surface area contributed by atoms with Crippen LogP contribution in [0, 0.1) is 0 Å². The Morgan fingerprint density at radius 1 is 1.34 bits per heavy atom. The lowest BCUT2D eigenvalue weighted by Gasteiger charge is -2.22. The van der Waals surface area contributed by atoms with Crippen LogP contribution in [0.5, 0.6) is 0 Å². The third-order valence-corrected chi connectivity index (χ3v) is 6.44. The van der Waals surface area contributed by atoms with Crippen molar-refractivity contribution in [3.8, 4) is 10.6 Å². The monoisotopic (exact) mass is 461 g/mol. The molecule has 1 fully saturated rings. The van der Waals surface area contributed by atoms with Crippen molar-refractivity contribution in [1.82, 2.24) is 24.7 Å². The summed E-state index contributed by atoms with van der Waals surface area (Å²) in [5, 5.41) is 9.63. The Hall–Kier alpha value is -3.21. The largest absolute Gasteiger partial charge is 0.433 e. The molecule has 0 aromatic carbocycles. The number of aryl methyl sites for hydroxylation is 1. The number of nitrogens with zero attached hydrogens (tertiary/aromatic N) is 5. The Kier molecular flexibility index (Phi) is 5.00. The molecule has 166 valence electrons. The predicted octanol–water partition coefficient (Wildman–Crippen LogP) is 5.00. The third-order valence-electron chi connectivity index (χ3n) is 5.55. The summed E-state index contributed by atoms with van der Waals surface area (Å²) < 4.78 is 47.4. The average molecular weight is 461 g/mol. The zero-order chi connectivity index (χ0) is 22.5. The number of carbonyl (C=O) groups excluding carboxylic acids is 1. The Morgan fingerprint density at radius 2 is 2.19 bits per heavy atom. The third kappa shape index (κ3) is 3.46. The maximum atomic E-state index is 13.8. The van der Waals surface area contributed by atoms with Gasteiger partial charge in [-0.1, -0.05) is 18.1 Å². The van der Waals surface area contributed by atoms with Gasteiger partial charge in [0.05, 0.1) is 28.5 Å². The molecule has 5 rings (SSSR count). The first-order valence-electron chi connectivity index (χ1n) is 10.1. The van der Waals surface area contributed by atoms with Gasteiger partial charge in [-0.15, -0.1) is 11.3 Å². The highest BCUT2D eigenvalue weighted by Gasteiger charge is 2.38. The quantitative estimate of drug-likeness (QED) is 0.427. The van der Waals surface area contributed by atoms with Crippen LogP contribution < -0.4 is 0 Å². The van der Waals surface area contributed by atoms with E-state index in [1.54, 1.807) is 22.4 Å². The van der Waals surface area contributed by atoms with Gasteiger partial charge in [0.25, 0.3) is 5.91 Å². The molecule has 0 aliphatic carbocycles. The summed E-state index contributed by atoms with van der Waals surface area (Å²) in [6, 6.07) is 5.87. The number of hydrogen-bond acceptors (Lipinski definition) is 6. The summed E-state index contributed by atoms with van der Waals surface area (Å²) in [6.45, 7) is 2.41. The van der Waals surface area contributed by atoms with Gasteiger partial charge < -0.3 is 9.42 Å². The summed E-state index contributed by atoms with van der Waals surface area (Å²) in [4.78, 5) is 20.0. The molecule has 0 radical (unpaired) electrons. The van der Waals surface area contributed by atoms with Crippen LogP contribution in [0.4, 0.5) is 13.2 Å². The van der Waals surface area contributed by atoms with E-state index in [0.717, 1.165) is 24.4 Å². The van der Waals surface area contributed by atoms with Crippen molar-refractivity contribution in [2.75, 3.05) is 6.54 Å². The van der Waals surface area contributed by atoms with Crippen molar-refractivity contribution in [2.45, 2.75) is 38.4 Å². The summed E-state index contributed by atoms with van der Waals surface area (Å²) in [5.41, 5.74) is -0.144. The molecule has 0 saturated carbocycles. The first-order valence-corrected chi connectivity index (χ1v) is 11.0. The first-order chi connectivity index (χ1) is 15.4. The van der Waals surface area contributed by atoms with Gasteiger partial charge in [0, 0.05) is 12.6 Å². The number of aromatic nitrogens is 4. The predicted molar refractivity (Wildman–Crippen MR) is 110 cm³/mol. The highest BCUT2D eigenvalue weighted by molar-refractivity contribution is 7.13. The number of carbonyl (C=O) groups is 1. The number of thiophene rings is 1. The molecule has 1 atom stereocenters. The van der Waals surface area contributed by atoms with Crippen LogP contribution in [0.25, 0.3) is 16.2 Å². The molecule has 1 saturated heterocycles. The van der Waals surface area contributed by atoms with Crippen molar-refractivity contribution in [1.29, 1.82) is 0 Å². The SMILES string of the molecule is CCc1cc(C2CCCN2C(=O)c2cnn3c(C(F)(F)F)cc(-c4cccs4)nc23)on1. The topological polar surface area (TPSA) is 76.5 Å². The van der Waals surface area contributed by atoms with Crippen LogP contribution in [0.15, 0.2) is 40.4 Å². The van der Waals surface area contributed by atoms with E-state index in [-0.39, 0.29) is 22.9 Å². The summed E-state index contributed by atoms with van der Waals surface area (Å²) in [7, 11) is 0. The van der Waals surface area contributed by atoms with E-state index in [2.05, 4.69) is 15.2 Å². The molecular formula is C21H18F3N5O2S. The van der Waals surface area contributed by atoms with Gasteiger partial charge in [0.2, 0.25) is 0 Å². The van der Waals surface area contributed by atoms with Crippen molar-refractivity contribution in [2.24, 2.45) is 0 Å². The normalized spacial score (nSPS) is 16.9. The van der Waals surface area contributed by atoms with E-state index < -0.39 is 17.8 Å². The molecule has 7 nitrogen and oxygen atoms in total. The Labute approximate surface area is 184 Å². The maximum absolute atomic E-state index is 13.8. The zero-order valence-electron chi connectivity index (χ0n) is 17.0. The number of rotatable bonds is 4. The zero-order valence-corrected chi connectivity index (χ0v) is 17.8. The molecule has 5 heterocycles. The second-order valence-corrected chi connectivity index (χ2v) is 8.47. The van der Waals surface area contributed by atoms with Crippen molar-refractivity contribution in [3.63, 3.8) is 0 Å². The summed E-state index contributed by atoms with van der Waals surface area (Å²) in [6.07, 6.45) is -1.37. The van der Waals surface area contributed by atoms with E-state index in [1.165, 1.54) is 11.3 Å². The van der Waals surface area contributed by atoms with Gasteiger partial charge in [0.15, 0.2) is 17.1 Å². The summed E-state index contributed by atoms with van der Waals surface area (Å²) >= 11 is 1.27. The second kappa shape index (κ2) is 7.73. The van der Waals surface area contributed by atoms with E-state index in [1.807, 2.05) is 13.0 Å². The second-order valence-electron chi connectivity index (χ2n) is 7.53. The molecule has 1 unspecified atom stereocenters. The molecule has 1 amide bonds. The number of halogens is 3. The maximum Gasteiger partial charge on any atom is 0.433 e. The van der Waals surface area contributed by atoms with E-state index in [4.69, 9.17) is 4.52 Å². The number of hydrogen-bond donors (Lipinski definition) is 0. The van der Waals surface area contributed by atoms with Gasteiger partial charge in [-0.25, -0.2) is 9.50 Å². The lowest BCUT2D eigenvalue weighted by Crippen LogP contribution is -2.30. The minimum atomic E-state index is -4.66. The van der Waals surface area contributed by atoms with E-state index in [9.17, 15) is 18.0 Å². The van der Waals surface area contributed by atoms with Crippen LogP contribution in [0.3, 0.4) is 0 Å². The average Bonchev–Trinajstić information content (AvgIpc) is 3.56. The Balaban J connectivity index is 1.59. The first kappa shape index (κ1) is 20.7. The van der Waals surface area contributed by atoms with E-state index >= 15 is 0 Å². The fourth-order valence-electron chi connectivity index (χ4n) is 3.98. The van der Waals surface area contributed by atoms with Crippen LogP contribution in [0.2, 0.25) is 0 Å². The molecule has 1 aliphatic heterocycles. The smallest absolute Gasteiger partial charge is 0.359 e. The van der Waals surface area contributed by atoms with Gasteiger partial charge in [-0.3, -0.25) is 4.79 Å². The molecule has 1 aliphatic rings. The van der Waals surface area contributed by atoms with Gasteiger partial charge >= 0.3 is 6.18 Å². The van der Waals surface area contributed by atoms with Crippen LogP contribution >= 0.6 is 11.3 Å². The van der Waals surface area contributed by atoms with Crippen LogP contribution in [-0.4, -0.2) is 37.1 Å². The minimum absolute atomic E-state index is 0.0241. The fraction of sp³-hybridized carbons (Fsp3) is 0.333. The van der Waals surface area contributed by atoms with Crippen molar-refractivity contribution >= 4 is 22.9 Å². The lowest BCUT2D eigenvalue weighted by atomic mass is 10.1. The molecule has 4 aromatic rings. The Bertz CT molecular complexity index is 1280. The highest BCUT2D eigenvalue weighted by Crippen LogP contribution is 2.36. The van der Waals surface area contributed by atoms with Gasteiger partial charge in [-0.05, 0) is 36.8 Å². The van der Waals surface area contributed by atoms with Crippen LogP contribution in [0.1, 0.15) is 53.3 Å². The lowest BCUT2D eigenvalue weighted by molar-refractivity contribution is -0.142. The summed E-state index contributed by atoms with van der Waals surface area (Å²) in [5.74, 6) is 0.147. The molecule has 11 heteroatoms. The molecule has 4 aromatic heterocycles. The Morgan fingerprint density at radius 3 is 2.88 bits per heavy atom. The van der Waals surface area contributed by atoms with Crippen LogP contribution in [-0.2, 0) is 12.6 Å². The minimum Gasteiger partial charge on any atom is -0.359 e. The van der Waals surface area contributed by atoms with Gasteiger partial charge in [0.1, 0.15) is 5.56 Å². The molecular weight excluding hydrogens is 443 g/mol. The standard InChI is InChI=1S/C21H18F3N5O2S/c1-2-12-9-16(31-27-12)15-5-3-7-28(15)20(30)13-11-25-29-18(21(22,23)24)10-14(26-19(13)29)17-6-4-8-32-17/h4,6,8-11,15H,2-3,5,7H2,1H3.